The summed E-state index contributed by atoms with van der Waals surface area (Å²) in [6, 6.07) is 7.66. The molecule has 23 heavy (non-hydrogen) atoms. The fourth-order valence-electron chi connectivity index (χ4n) is 2.74. The van der Waals surface area contributed by atoms with Gasteiger partial charge in [0.15, 0.2) is 0 Å². The summed E-state index contributed by atoms with van der Waals surface area (Å²) in [4.78, 5) is 15.5. The predicted octanol–water partition coefficient (Wildman–Crippen LogP) is 2.16. The van der Waals surface area contributed by atoms with Gasteiger partial charge in [-0.3, -0.25) is 4.79 Å². The fourth-order valence-corrected chi connectivity index (χ4v) is 2.74. The molecule has 2 heterocycles. The predicted molar refractivity (Wildman–Crippen MR) is 84.3 cm³/mol. The van der Waals surface area contributed by atoms with Crippen LogP contribution < -0.4 is 14.8 Å². The Hall–Kier alpha value is -2.81. The van der Waals surface area contributed by atoms with Crippen LogP contribution in [0.5, 0.6) is 11.6 Å². The molecule has 0 bridgehead atoms. The molecule has 1 fully saturated rings. The van der Waals surface area contributed by atoms with Crippen LogP contribution in [0.15, 0.2) is 24.4 Å². The molecule has 118 valence electrons. The Morgan fingerprint density at radius 2 is 2.35 bits per heavy atom. The smallest absolute Gasteiger partial charge is 0.221 e. The quantitative estimate of drug-likeness (QED) is 0.914. The first-order valence-electron chi connectivity index (χ1n) is 7.50. The fraction of sp³-hybridized carbons (Fsp3) is 0.353. The molecule has 1 atom stereocenters. The molecule has 0 radical (unpaired) electrons. The van der Waals surface area contributed by atoms with Crippen molar-refractivity contribution in [2.75, 3.05) is 13.7 Å². The van der Waals surface area contributed by atoms with Gasteiger partial charge < -0.3 is 14.8 Å². The maximum absolute atomic E-state index is 11.2. The van der Waals surface area contributed by atoms with E-state index in [1.165, 1.54) is 7.11 Å². The number of nitriles is 1. The van der Waals surface area contributed by atoms with Crippen molar-refractivity contribution in [2.45, 2.75) is 25.3 Å². The molecular weight excluding hydrogens is 294 g/mol. The van der Waals surface area contributed by atoms with E-state index in [4.69, 9.17) is 14.7 Å². The number of methoxy groups -OCH3 is 1. The average molecular weight is 311 g/mol. The lowest BCUT2D eigenvalue weighted by molar-refractivity contribution is -0.119. The Balaban J connectivity index is 1.78. The van der Waals surface area contributed by atoms with E-state index in [1.54, 1.807) is 18.3 Å². The van der Waals surface area contributed by atoms with E-state index in [1.807, 2.05) is 6.07 Å². The van der Waals surface area contributed by atoms with Crippen LogP contribution in [0, 0.1) is 11.3 Å². The number of nitrogens with zero attached hydrogens (tertiary/aromatic N) is 2. The zero-order chi connectivity index (χ0) is 16.2. The minimum Gasteiger partial charge on any atom is -0.495 e. The SMILES string of the molecule is COc1cc2c(OCC[C@@H]3CCC(=O)N3)nccc2cc1C#N. The number of carbonyl (C=O) groups excluding carboxylic acids is 1. The Labute approximate surface area is 134 Å². The van der Waals surface area contributed by atoms with Gasteiger partial charge in [0.05, 0.1) is 19.3 Å². The van der Waals surface area contributed by atoms with E-state index in [2.05, 4.69) is 16.4 Å². The maximum Gasteiger partial charge on any atom is 0.221 e. The zero-order valence-corrected chi connectivity index (χ0v) is 12.8. The van der Waals surface area contributed by atoms with Gasteiger partial charge in [-0.25, -0.2) is 4.98 Å². The maximum atomic E-state index is 11.2. The number of carbonyl (C=O) groups is 1. The molecule has 0 saturated carbocycles. The number of aromatic nitrogens is 1. The molecule has 0 unspecified atom stereocenters. The number of hydrogen-bond donors (Lipinski definition) is 1. The molecule has 1 amide bonds. The van der Waals surface area contributed by atoms with Gasteiger partial charge >= 0.3 is 0 Å². The summed E-state index contributed by atoms with van der Waals surface area (Å²) in [5.41, 5.74) is 0.478. The lowest BCUT2D eigenvalue weighted by Gasteiger charge is -2.12. The third kappa shape index (κ3) is 3.19. The molecule has 3 rings (SSSR count). The van der Waals surface area contributed by atoms with Gasteiger partial charge in [0.25, 0.3) is 0 Å². The van der Waals surface area contributed by atoms with Gasteiger partial charge in [-0.15, -0.1) is 0 Å². The Bertz CT molecular complexity index is 782. The highest BCUT2D eigenvalue weighted by Crippen LogP contribution is 2.30. The molecule has 1 aromatic carbocycles. The van der Waals surface area contributed by atoms with Crippen molar-refractivity contribution in [3.05, 3.63) is 30.0 Å². The molecule has 1 aromatic heterocycles. The lowest BCUT2D eigenvalue weighted by Crippen LogP contribution is -2.26. The average Bonchev–Trinajstić information content (AvgIpc) is 2.99. The third-order valence-corrected chi connectivity index (χ3v) is 3.96. The minimum atomic E-state index is 0.104. The minimum absolute atomic E-state index is 0.104. The van der Waals surface area contributed by atoms with Crippen LogP contribution in [0.3, 0.4) is 0 Å². The van der Waals surface area contributed by atoms with E-state index in [9.17, 15) is 4.79 Å². The molecule has 6 nitrogen and oxygen atoms in total. The van der Waals surface area contributed by atoms with Crippen molar-refractivity contribution < 1.29 is 14.3 Å². The summed E-state index contributed by atoms with van der Waals surface area (Å²) in [7, 11) is 1.53. The van der Waals surface area contributed by atoms with Crippen LogP contribution in [0.25, 0.3) is 10.8 Å². The molecule has 0 spiro atoms. The second-order valence-electron chi connectivity index (χ2n) is 5.44. The van der Waals surface area contributed by atoms with Crippen LogP contribution in [-0.4, -0.2) is 30.6 Å². The second kappa shape index (κ2) is 6.53. The molecule has 2 aromatic rings. The monoisotopic (exact) mass is 311 g/mol. The van der Waals surface area contributed by atoms with E-state index < -0.39 is 0 Å². The largest absolute Gasteiger partial charge is 0.495 e. The van der Waals surface area contributed by atoms with Gasteiger partial charge in [0.2, 0.25) is 11.8 Å². The van der Waals surface area contributed by atoms with Gasteiger partial charge in [-0.1, -0.05) is 0 Å². The lowest BCUT2D eigenvalue weighted by atomic mass is 10.1. The summed E-state index contributed by atoms with van der Waals surface area (Å²) in [5.74, 6) is 1.11. The van der Waals surface area contributed by atoms with Gasteiger partial charge in [-0.05, 0) is 30.0 Å². The third-order valence-electron chi connectivity index (χ3n) is 3.96. The first-order chi connectivity index (χ1) is 11.2. The van der Waals surface area contributed by atoms with Crippen LogP contribution in [0.1, 0.15) is 24.8 Å². The first kappa shape index (κ1) is 15.1. The first-order valence-corrected chi connectivity index (χ1v) is 7.50. The Morgan fingerprint density at radius 1 is 1.48 bits per heavy atom. The van der Waals surface area contributed by atoms with E-state index >= 15 is 0 Å². The topological polar surface area (TPSA) is 84.2 Å². The summed E-state index contributed by atoms with van der Waals surface area (Å²) in [6.45, 7) is 0.472. The second-order valence-corrected chi connectivity index (χ2v) is 5.44. The zero-order valence-electron chi connectivity index (χ0n) is 12.8. The number of nitrogens with one attached hydrogen (secondary N) is 1. The summed E-state index contributed by atoms with van der Waals surface area (Å²) >= 11 is 0. The number of hydrogen-bond acceptors (Lipinski definition) is 5. The highest BCUT2D eigenvalue weighted by atomic mass is 16.5. The molecule has 1 aliphatic heterocycles. The molecule has 1 N–H and O–H groups in total. The summed E-state index contributed by atoms with van der Waals surface area (Å²) in [5, 5.41) is 13.7. The van der Waals surface area contributed by atoms with Crippen LogP contribution in [-0.2, 0) is 4.79 Å². The van der Waals surface area contributed by atoms with Crippen molar-refractivity contribution >= 4 is 16.7 Å². The van der Waals surface area contributed by atoms with Crippen molar-refractivity contribution in [1.82, 2.24) is 10.3 Å². The normalized spacial score (nSPS) is 16.9. The van der Waals surface area contributed by atoms with Crippen molar-refractivity contribution in [3.8, 4) is 17.7 Å². The molecule has 1 saturated heterocycles. The summed E-state index contributed by atoms with van der Waals surface area (Å²) < 4.78 is 11.0. The summed E-state index contributed by atoms with van der Waals surface area (Å²) in [6.07, 6.45) is 3.84. The van der Waals surface area contributed by atoms with Crippen molar-refractivity contribution in [2.24, 2.45) is 0 Å². The van der Waals surface area contributed by atoms with Gasteiger partial charge in [-0.2, -0.15) is 5.26 Å². The van der Waals surface area contributed by atoms with E-state index in [0.29, 0.717) is 30.2 Å². The van der Waals surface area contributed by atoms with Crippen LogP contribution in [0.4, 0.5) is 0 Å². The standard InChI is InChI=1S/C17H17N3O3/c1-22-15-9-14-11(8-12(15)10-18)4-6-19-17(14)23-7-5-13-2-3-16(21)20-13/h4,6,8-9,13H,2-3,5,7H2,1H3,(H,20,21)/t13-/m0/s1. The van der Waals surface area contributed by atoms with E-state index in [-0.39, 0.29) is 11.9 Å². The Morgan fingerprint density at radius 3 is 3.04 bits per heavy atom. The molecule has 6 heteroatoms. The van der Waals surface area contributed by atoms with Gasteiger partial charge in [0, 0.05) is 30.5 Å². The number of ether oxygens (including phenoxy) is 2. The van der Waals surface area contributed by atoms with Crippen LogP contribution >= 0.6 is 0 Å². The van der Waals surface area contributed by atoms with Gasteiger partial charge in [0.1, 0.15) is 11.8 Å². The number of rotatable bonds is 5. The molecule has 1 aliphatic rings. The van der Waals surface area contributed by atoms with Crippen LogP contribution in [0.2, 0.25) is 0 Å². The number of amides is 1. The number of pyridine rings is 1. The molecule has 0 aliphatic carbocycles. The number of benzene rings is 1. The Kier molecular flexibility index (Phi) is 4.29. The highest BCUT2D eigenvalue weighted by Gasteiger charge is 2.20. The van der Waals surface area contributed by atoms with Crippen molar-refractivity contribution in [1.29, 1.82) is 5.26 Å². The number of fused-ring (bicyclic) bond motifs is 1. The highest BCUT2D eigenvalue weighted by molar-refractivity contribution is 5.89. The van der Waals surface area contributed by atoms with E-state index in [0.717, 1.165) is 23.6 Å². The molecular formula is C17H17N3O3. The van der Waals surface area contributed by atoms with Crippen molar-refractivity contribution in [3.63, 3.8) is 0 Å².